The first-order valence-electron chi connectivity index (χ1n) is 10.7. The highest BCUT2D eigenvalue weighted by molar-refractivity contribution is 5.98. The van der Waals surface area contributed by atoms with E-state index in [4.69, 9.17) is 0 Å². The van der Waals surface area contributed by atoms with Crippen LogP contribution >= 0.6 is 0 Å². The summed E-state index contributed by atoms with van der Waals surface area (Å²) >= 11 is 0. The molecule has 1 amide bonds. The van der Waals surface area contributed by atoms with Gasteiger partial charge in [-0.2, -0.15) is 0 Å². The van der Waals surface area contributed by atoms with E-state index in [0.29, 0.717) is 18.8 Å². The van der Waals surface area contributed by atoms with Gasteiger partial charge >= 0.3 is 0 Å². The number of aromatic nitrogens is 4. The van der Waals surface area contributed by atoms with Crippen LogP contribution in [-0.2, 0) is 0 Å². The number of piperazine rings is 1. The Morgan fingerprint density at radius 2 is 1.75 bits per heavy atom. The largest absolute Gasteiger partial charge is 0.368 e. The Morgan fingerprint density at radius 1 is 1.00 bits per heavy atom. The first-order chi connectivity index (χ1) is 15.5. The molecule has 1 aliphatic heterocycles. The zero-order chi connectivity index (χ0) is 22.2. The number of rotatable bonds is 3. The number of benzene rings is 2. The Balaban J connectivity index is 1.38. The molecule has 1 aliphatic rings. The van der Waals surface area contributed by atoms with Gasteiger partial charge in [-0.25, -0.2) is 4.52 Å². The van der Waals surface area contributed by atoms with Gasteiger partial charge in [-0.3, -0.25) is 9.59 Å². The molecule has 1 N–H and O–H groups in total. The average molecular weight is 428 g/mol. The van der Waals surface area contributed by atoms with Gasteiger partial charge in [0, 0.05) is 31.9 Å². The second-order valence-electron chi connectivity index (χ2n) is 8.16. The number of amides is 1. The van der Waals surface area contributed by atoms with Gasteiger partial charge in [0.2, 0.25) is 0 Å². The molecule has 8 heteroatoms. The number of nitrogens with zero attached hydrogens (tertiary/aromatic N) is 5. The van der Waals surface area contributed by atoms with Crippen molar-refractivity contribution in [2.45, 2.75) is 13.8 Å². The van der Waals surface area contributed by atoms with E-state index in [9.17, 15) is 9.59 Å². The molecule has 5 rings (SSSR count). The lowest BCUT2D eigenvalue weighted by Gasteiger charge is -2.36. The van der Waals surface area contributed by atoms with Crippen LogP contribution in [0.5, 0.6) is 0 Å². The van der Waals surface area contributed by atoms with Crippen LogP contribution < -0.4 is 10.5 Å². The third kappa shape index (κ3) is 3.53. The molecule has 0 unspecified atom stereocenters. The third-order valence-electron chi connectivity index (χ3n) is 5.97. The summed E-state index contributed by atoms with van der Waals surface area (Å²) in [4.78, 5) is 32.9. The summed E-state index contributed by atoms with van der Waals surface area (Å²) in [6.07, 6.45) is 1.69. The molecule has 1 fully saturated rings. The quantitative estimate of drug-likeness (QED) is 0.542. The standard InChI is InChI=1S/C24H24N6O2/c1-16-8-9-17(2)20(14-16)28-10-12-29(13-11-28)24(32)21-22-23(31)25-19(15-30(22)27-26-21)18-6-4-3-5-7-18/h3-9,14-15H,10-13H2,1-2H3,(H,25,31). The van der Waals surface area contributed by atoms with Gasteiger partial charge in [0.05, 0.1) is 11.9 Å². The number of hydrogen-bond acceptors (Lipinski definition) is 5. The van der Waals surface area contributed by atoms with Crippen LogP contribution in [0, 0.1) is 13.8 Å². The van der Waals surface area contributed by atoms with Gasteiger partial charge in [-0.15, -0.1) is 5.10 Å². The molecule has 4 aromatic rings. The van der Waals surface area contributed by atoms with Crippen LogP contribution in [0.2, 0.25) is 0 Å². The van der Waals surface area contributed by atoms with Crippen LogP contribution in [-0.4, -0.2) is 56.8 Å². The van der Waals surface area contributed by atoms with Crippen molar-refractivity contribution in [2.75, 3.05) is 31.1 Å². The van der Waals surface area contributed by atoms with E-state index < -0.39 is 0 Å². The molecule has 2 aromatic heterocycles. The summed E-state index contributed by atoms with van der Waals surface area (Å²) in [7, 11) is 0. The van der Waals surface area contributed by atoms with Gasteiger partial charge in [0.15, 0.2) is 11.2 Å². The van der Waals surface area contributed by atoms with Gasteiger partial charge in [-0.05, 0) is 36.6 Å². The molecule has 0 spiro atoms. The van der Waals surface area contributed by atoms with Crippen LogP contribution in [0.25, 0.3) is 16.8 Å². The van der Waals surface area contributed by atoms with Crippen molar-refractivity contribution >= 4 is 17.1 Å². The normalized spacial score (nSPS) is 14.2. The van der Waals surface area contributed by atoms with E-state index in [1.807, 2.05) is 30.3 Å². The Morgan fingerprint density at radius 3 is 2.50 bits per heavy atom. The highest BCUT2D eigenvalue weighted by Gasteiger charge is 2.27. The van der Waals surface area contributed by atoms with E-state index >= 15 is 0 Å². The minimum absolute atomic E-state index is 0.0889. The first-order valence-corrected chi connectivity index (χ1v) is 10.7. The molecule has 32 heavy (non-hydrogen) atoms. The zero-order valence-corrected chi connectivity index (χ0v) is 18.1. The van der Waals surface area contributed by atoms with E-state index in [2.05, 4.69) is 52.2 Å². The number of carbonyl (C=O) groups excluding carboxylic acids is 1. The van der Waals surface area contributed by atoms with Crippen molar-refractivity contribution in [3.05, 3.63) is 81.9 Å². The summed E-state index contributed by atoms with van der Waals surface area (Å²) in [6.45, 7) is 6.76. The second-order valence-corrected chi connectivity index (χ2v) is 8.16. The number of fused-ring (bicyclic) bond motifs is 1. The Bertz CT molecular complexity index is 1350. The van der Waals surface area contributed by atoms with E-state index in [1.54, 1.807) is 11.1 Å². The van der Waals surface area contributed by atoms with Crippen LogP contribution in [0.3, 0.4) is 0 Å². The maximum absolute atomic E-state index is 13.2. The number of nitrogens with one attached hydrogen (secondary N) is 1. The summed E-state index contributed by atoms with van der Waals surface area (Å²) in [5.41, 5.74) is 5.00. The lowest BCUT2D eigenvalue weighted by molar-refractivity contribution is 0.0742. The van der Waals surface area contributed by atoms with Crippen LogP contribution in [0.1, 0.15) is 21.6 Å². The molecule has 162 valence electrons. The van der Waals surface area contributed by atoms with Crippen LogP contribution in [0.15, 0.2) is 59.5 Å². The van der Waals surface area contributed by atoms with Crippen molar-refractivity contribution in [1.29, 1.82) is 0 Å². The second kappa shape index (κ2) is 7.96. The minimum Gasteiger partial charge on any atom is -0.368 e. The molecule has 0 atom stereocenters. The predicted molar refractivity (Wildman–Crippen MR) is 123 cm³/mol. The fraction of sp³-hybridized carbons (Fsp3) is 0.250. The number of carbonyl (C=O) groups is 1. The van der Waals surface area contributed by atoms with E-state index in [0.717, 1.165) is 18.7 Å². The number of H-pyrrole nitrogens is 1. The molecule has 8 nitrogen and oxygen atoms in total. The van der Waals surface area contributed by atoms with Gasteiger partial charge in [0.25, 0.3) is 11.5 Å². The summed E-state index contributed by atoms with van der Waals surface area (Å²) in [5, 5.41) is 8.11. The molecule has 3 heterocycles. The van der Waals surface area contributed by atoms with Crippen molar-refractivity contribution in [3.8, 4) is 11.3 Å². The summed E-state index contributed by atoms with van der Waals surface area (Å²) < 4.78 is 1.39. The molecule has 0 bridgehead atoms. The van der Waals surface area contributed by atoms with Crippen molar-refractivity contribution in [1.82, 2.24) is 24.7 Å². The fourth-order valence-corrected chi connectivity index (χ4v) is 4.20. The zero-order valence-electron chi connectivity index (χ0n) is 18.1. The maximum atomic E-state index is 13.2. The minimum atomic E-state index is -0.381. The SMILES string of the molecule is Cc1ccc(C)c(N2CCN(C(=O)c3nnn4cc(-c5ccccc5)[nH]c(=O)c34)CC2)c1. The highest BCUT2D eigenvalue weighted by atomic mass is 16.2. The maximum Gasteiger partial charge on any atom is 0.277 e. The Kier molecular flexibility index (Phi) is 4.97. The number of hydrogen-bond donors (Lipinski definition) is 1. The molecular formula is C24H24N6O2. The molecular weight excluding hydrogens is 404 g/mol. The lowest BCUT2D eigenvalue weighted by Crippen LogP contribution is -2.49. The van der Waals surface area contributed by atoms with Crippen molar-refractivity contribution in [3.63, 3.8) is 0 Å². The Hall–Kier alpha value is -3.94. The number of aryl methyl sites for hydroxylation is 2. The topological polar surface area (TPSA) is 86.6 Å². The first kappa shape index (κ1) is 20.0. The molecule has 1 saturated heterocycles. The number of aromatic amines is 1. The van der Waals surface area contributed by atoms with Crippen molar-refractivity contribution < 1.29 is 4.79 Å². The fourth-order valence-electron chi connectivity index (χ4n) is 4.20. The van der Waals surface area contributed by atoms with Gasteiger partial charge < -0.3 is 14.8 Å². The lowest BCUT2D eigenvalue weighted by atomic mass is 10.1. The molecule has 0 saturated carbocycles. The Labute approximate surface area is 185 Å². The summed E-state index contributed by atoms with van der Waals surface area (Å²) in [5.74, 6) is -0.265. The monoisotopic (exact) mass is 428 g/mol. The summed E-state index contributed by atoms with van der Waals surface area (Å²) in [6, 6.07) is 15.9. The molecule has 0 radical (unpaired) electrons. The third-order valence-corrected chi connectivity index (χ3v) is 5.97. The predicted octanol–water partition coefficient (Wildman–Crippen LogP) is 2.66. The van der Waals surface area contributed by atoms with E-state index in [-0.39, 0.29) is 22.7 Å². The van der Waals surface area contributed by atoms with Gasteiger partial charge in [-0.1, -0.05) is 47.7 Å². The smallest absolute Gasteiger partial charge is 0.277 e. The molecule has 2 aromatic carbocycles. The van der Waals surface area contributed by atoms with Crippen molar-refractivity contribution in [2.24, 2.45) is 0 Å². The van der Waals surface area contributed by atoms with E-state index in [1.165, 1.54) is 21.3 Å². The molecule has 0 aliphatic carbocycles. The van der Waals surface area contributed by atoms with Gasteiger partial charge in [0.1, 0.15) is 0 Å². The number of anilines is 1. The van der Waals surface area contributed by atoms with Crippen LogP contribution in [0.4, 0.5) is 5.69 Å². The highest BCUT2D eigenvalue weighted by Crippen LogP contribution is 2.23. The average Bonchev–Trinajstić information content (AvgIpc) is 3.25.